The van der Waals surface area contributed by atoms with Crippen molar-refractivity contribution < 1.29 is 23.6 Å². The lowest BCUT2D eigenvalue weighted by Gasteiger charge is -2.36. The van der Waals surface area contributed by atoms with Gasteiger partial charge in [0.15, 0.2) is 5.12 Å². The van der Waals surface area contributed by atoms with Crippen molar-refractivity contribution in [3.63, 3.8) is 0 Å². The molecule has 1 aromatic rings. The largest absolute Gasteiger partial charge is 0.491 e. The molecule has 0 aliphatic carbocycles. The number of anilines is 1. The van der Waals surface area contributed by atoms with Crippen molar-refractivity contribution in [1.82, 2.24) is 4.90 Å². The normalized spacial score (nSPS) is 20.2. The van der Waals surface area contributed by atoms with E-state index in [4.69, 9.17) is 14.0 Å². The van der Waals surface area contributed by atoms with Crippen molar-refractivity contribution in [1.29, 1.82) is 0 Å². The minimum absolute atomic E-state index is 0.0632. The molecule has 3 rings (SSSR count). The molecule has 2 fully saturated rings. The number of nitrogens with zero attached hydrogens (tertiary/aromatic N) is 2. The Kier molecular flexibility index (Phi) is 8.34. The molecule has 1 amide bonds. The average molecular weight is 502 g/mol. The van der Waals surface area contributed by atoms with Gasteiger partial charge >= 0.3 is 13.2 Å². The minimum atomic E-state index is -0.493. The van der Waals surface area contributed by atoms with Gasteiger partial charge in [0.2, 0.25) is 0 Å². The fraction of sp³-hybridized carbons (Fsp3) is 0.615. The second kappa shape index (κ2) is 10.6. The molecule has 0 N–H and O–H groups in total. The van der Waals surface area contributed by atoms with Gasteiger partial charge in [0.05, 0.1) is 11.2 Å². The molecule has 0 radical (unpaired) electrons. The van der Waals surface area contributed by atoms with E-state index in [9.17, 15) is 9.59 Å². The summed E-state index contributed by atoms with van der Waals surface area (Å²) in [6.45, 7) is 18.1. The number of benzene rings is 1. The van der Waals surface area contributed by atoms with Crippen LogP contribution >= 0.6 is 11.8 Å². The summed E-state index contributed by atoms with van der Waals surface area (Å²) in [6, 6.07) is 8.32. The number of piperazine rings is 1. The third-order valence-electron chi connectivity index (χ3n) is 6.54. The predicted octanol–water partition coefficient (Wildman–Crippen LogP) is 5.04. The molecule has 2 heterocycles. The van der Waals surface area contributed by atoms with Gasteiger partial charge < -0.3 is 23.8 Å². The van der Waals surface area contributed by atoms with Gasteiger partial charge in [-0.15, -0.1) is 0 Å². The van der Waals surface area contributed by atoms with Crippen LogP contribution in [0.15, 0.2) is 29.7 Å². The van der Waals surface area contributed by atoms with Crippen LogP contribution in [0.5, 0.6) is 0 Å². The molecule has 192 valence electrons. The summed E-state index contributed by atoms with van der Waals surface area (Å²) in [7, 11) is -0.493. The lowest BCUT2D eigenvalue weighted by Crippen LogP contribution is -2.50. The van der Waals surface area contributed by atoms with Crippen LogP contribution in [0.4, 0.5) is 10.5 Å². The minimum Gasteiger partial charge on any atom is -0.444 e. The van der Waals surface area contributed by atoms with Crippen molar-refractivity contribution in [3.05, 3.63) is 35.3 Å². The Hall–Kier alpha value is -1.97. The first-order valence-corrected chi connectivity index (χ1v) is 13.2. The summed E-state index contributed by atoms with van der Waals surface area (Å²) < 4.78 is 18.0. The molecular formula is C26H39BN2O5S. The lowest BCUT2D eigenvalue weighted by molar-refractivity contribution is -0.109. The van der Waals surface area contributed by atoms with Gasteiger partial charge in [-0.05, 0) is 71.6 Å². The standard InChI is InChI=1S/C26H39BN2O5S/c1-19(30)35-18-21(27-33-25(5,6)26(7,8)34-27)17-20-9-11-22(12-10-20)28-13-15-29(16-14-28)23(31)32-24(2,3)4/h9-12,17H,13-16,18H2,1-8H3. The SMILES string of the molecule is CC(=O)SCC(=Cc1ccc(N2CCN(C(=O)OC(C)(C)C)CC2)cc1)B1OC(C)(C)C(C)(C)O1. The van der Waals surface area contributed by atoms with E-state index in [1.54, 1.807) is 11.8 Å². The van der Waals surface area contributed by atoms with Crippen LogP contribution in [-0.4, -0.2) is 72.0 Å². The highest BCUT2D eigenvalue weighted by Gasteiger charge is 2.52. The van der Waals surface area contributed by atoms with E-state index in [2.05, 4.69) is 35.2 Å². The third kappa shape index (κ3) is 7.27. The van der Waals surface area contributed by atoms with Crippen LogP contribution in [-0.2, 0) is 18.8 Å². The van der Waals surface area contributed by atoms with Crippen LogP contribution in [0.25, 0.3) is 6.08 Å². The van der Waals surface area contributed by atoms with E-state index in [0.717, 1.165) is 29.8 Å². The Balaban J connectivity index is 1.67. The summed E-state index contributed by atoms with van der Waals surface area (Å²) in [5.41, 5.74) is 1.70. The number of ether oxygens (including phenoxy) is 1. The Labute approximate surface area is 214 Å². The second-order valence-electron chi connectivity index (χ2n) is 11.1. The highest BCUT2D eigenvalue weighted by Crippen LogP contribution is 2.39. The van der Waals surface area contributed by atoms with Crippen LogP contribution in [0.1, 0.15) is 61.0 Å². The quantitative estimate of drug-likeness (QED) is 0.523. The van der Waals surface area contributed by atoms with E-state index < -0.39 is 23.9 Å². The zero-order valence-corrected chi connectivity index (χ0v) is 23.2. The van der Waals surface area contributed by atoms with E-state index >= 15 is 0 Å². The van der Waals surface area contributed by atoms with Crippen LogP contribution in [0, 0.1) is 0 Å². The maximum atomic E-state index is 12.3. The van der Waals surface area contributed by atoms with E-state index in [-0.39, 0.29) is 11.2 Å². The number of hydrogen-bond donors (Lipinski definition) is 0. The molecule has 9 heteroatoms. The highest BCUT2D eigenvalue weighted by atomic mass is 32.2. The molecule has 1 aromatic carbocycles. The first-order chi connectivity index (χ1) is 16.2. The average Bonchev–Trinajstić information content (AvgIpc) is 2.97. The van der Waals surface area contributed by atoms with Gasteiger partial charge in [-0.3, -0.25) is 4.79 Å². The molecule has 35 heavy (non-hydrogen) atoms. The molecule has 0 spiro atoms. The summed E-state index contributed by atoms with van der Waals surface area (Å²) in [5.74, 6) is 0.514. The fourth-order valence-electron chi connectivity index (χ4n) is 3.83. The highest BCUT2D eigenvalue weighted by molar-refractivity contribution is 8.13. The van der Waals surface area contributed by atoms with Crippen molar-refractivity contribution >= 4 is 41.9 Å². The van der Waals surface area contributed by atoms with Crippen LogP contribution < -0.4 is 4.90 Å². The smallest absolute Gasteiger partial charge is 0.444 e. The van der Waals surface area contributed by atoms with Crippen molar-refractivity contribution in [2.24, 2.45) is 0 Å². The molecule has 2 aliphatic heterocycles. The van der Waals surface area contributed by atoms with Crippen molar-refractivity contribution in [2.75, 3.05) is 36.8 Å². The van der Waals surface area contributed by atoms with Gasteiger partial charge in [0, 0.05) is 44.5 Å². The Morgan fingerprint density at radius 2 is 1.57 bits per heavy atom. The number of carbonyl (C=O) groups is 2. The molecule has 0 atom stereocenters. The molecule has 2 saturated heterocycles. The summed E-state index contributed by atoms with van der Waals surface area (Å²) >= 11 is 1.26. The summed E-state index contributed by atoms with van der Waals surface area (Å²) in [5, 5.41) is 0.0632. The van der Waals surface area contributed by atoms with Gasteiger partial charge in [-0.1, -0.05) is 30.0 Å². The predicted molar refractivity (Wildman–Crippen MR) is 144 cm³/mol. The number of thioether (sulfide) groups is 1. The first-order valence-electron chi connectivity index (χ1n) is 12.2. The van der Waals surface area contributed by atoms with Crippen LogP contribution in [0.3, 0.4) is 0 Å². The summed E-state index contributed by atoms with van der Waals surface area (Å²) in [6.07, 6.45) is 1.80. The van der Waals surface area contributed by atoms with Gasteiger partial charge in [0.25, 0.3) is 0 Å². The number of hydrogen-bond acceptors (Lipinski definition) is 7. The fourth-order valence-corrected chi connectivity index (χ4v) is 4.42. The van der Waals surface area contributed by atoms with Gasteiger partial charge in [0.1, 0.15) is 5.60 Å². The second-order valence-corrected chi connectivity index (χ2v) is 12.3. The first kappa shape index (κ1) is 27.6. The molecule has 0 unspecified atom stereocenters. The number of rotatable bonds is 5. The number of carbonyl (C=O) groups excluding carboxylic acids is 2. The molecular weight excluding hydrogens is 463 g/mol. The number of amides is 1. The molecule has 7 nitrogen and oxygen atoms in total. The third-order valence-corrected chi connectivity index (χ3v) is 7.42. The monoisotopic (exact) mass is 502 g/mol. The maximum Gasteiger partial charge on any atom is 0.491 e. The molecule has 0 aromatic heterocycles. The van der Waals surface area contributed by atoms with E-state index in [1.165, 1.54) is 11.8 Å². The Bertz CT molecular complexity index is 931. The lowest BCUT2D eigenvalue weighted by atomic mass is 9.78. The Morgan fingerprint density at radius 1 is 1.03 bits per heavy atom. The van der Waals surface area contributed by atoms with E-state index in [0.29, 0.717) is 18.8 Å². The molecule has 0 bridgehead atoms. The Morgan fingerprint density at radius 3 is 2.06 bits per heavy atom. The van der Waals surface area contributed by atoms with Gasteiger partial charge in [-0.25, -0.2) is 4.79 Å². The topological polar surface area (TPSA) is 68.3 Å². The molecule has 0 saturated carbocycles. The zero-order valence-electron chi connectivity index (χ0n) is 22.3. The van der Waals surface area contributed by atoms with E-state index in [1.807, 2.05) is 48.5 Å². The van der Waals surface area contributed by atoms with Crippen LogP contribution in [0.2, 0.25) is 0 Å². The summed E-state index contributed by atoms with van der Waals surface area (Å²) in [4.78, 5) is 28.0. The molecule has 2 aliphatic rings. The van der Waals surface area contributed by atoms with Gasteiger partial charge in [-0.2, -0.15) is 0 Å². The maximum absolute atomic E-state index is 12.3. The zero-order chi connectivity index (χ0) is 26.0. The van der Waals surface area contributed by atoms with Crippen molar-refractivity contribution in [2.45, 2.75) is 72.2 Å². The van der Waals surface area contributed by atoms with Crippen molar-refractivity contribution in [3.8, 4) is 0 Å².